The molecule has 0 bridgehead atoms. The van der Waals surface area contributed by atoms with E-state index in [0.717, 1.165) is 18.2 Å². The molecule has 0 aromatic rings. The second-order valence-corrected chi connectivity index (χ2v) is 10.6. The van der Waals surface area contributed by atoms with Crippen LogP contribution in [0.1, 0.15) is 34.6 Å². The fraction of sp³-hybridized carbons (Fsp3) is 0.923. The third-order valence-corrected chi connectivity index (χ3v) is 8.26. The van der Waals surface area contributed by atoms with Crippen LogP contribution in [0.5, 0.6) is 0 Å². The molecule has 6 heteroatoms. The van der Waals surface area contributed by atoms with Gasteiger partial charge in [-0.15, -0.1) is 0 Å². The van der Waals surface area contributed by atoms with Gasteiger partial charge in [0, 0.05) is 18.2 Å². The lowest BCUT2D eigenvalue weighted by molar-refractivity contribution is 0.466. The van der Waals surface area contributed by atoms with E-state index < -0.39 is 7.36 Å². The molecule has 0 aliphatic rings. The summed E-state index contributed by atoms with van der Waals surface area (Å²) in [6.45, 7) is 12.8. The van der Waals surface area contributed by atoms with Crippen LogP contribution in [0.25, 0.3) is 0 Å². The number of hydrogen-bond donors (Lipinski definition) is 0. The average molecular weight is 306 g/mol. The van der Waals surface area contributed by atoms with Gasteiger partial charge in [0.2, 0.25) is 0 Å². The summed E-state index contributed by atoms with van der Waals surface area (Å²) in [4.78, 5) is 2.14. The van der Waals surface area contributed by atoms with E-state index in [9.17, 15) is 0 Å². The van der Waals surface area contributed by atoms with Crippen molar-refractivity contribution >= 4 is 24.7 Å². The first-order valence-corrected chi connectivity index (χ1v) is 8.87. The molecule has 4 nitrogen and oxygen atoms in total. The number of rotatable bonds is 4. The Balaban J connectivity index is 5.93. The molecule has 0 fully saturated rings. The van der Waals surface area contributed by atoms with Gasteiger partial charge in [0.15, 0.2) is 5.11 Å². The monoisotopic (exact) mass is 306 g/mol. The Bertz CT molecular complexity index is 342. The lowest BCUT2D eigenvalue weighted by atomic mass is 10.3. The highest BCUT2D eigenvalue weighted by Gasteiger charge is 2.39. The van der Waals surface area contributed by atoms with Crippen LogP contribution >= 0.6 is 19.6 Å². The quantitative estimate of drug-likeness (QED) is 0.585. The molecule has 0 aliphatic heterocycles. The van der Waals surface area contributed by atoms with Gasteiger partial charge in [-0.25, -0.2) is 4.74 Å². The van der Waals surface area contributed by atoms with Crippen molar-refractivity contribution in [3.8, 4) is 0 Å². The van der Waals surface area contributed by atoms with Crippen LogP contribution in [0, 0.1) is 0 Å². The average Bonchev–Trinajstić information content (AvgIpc) is 2.24. The largest absolute Gasteiger partial charge is 0.348 e. The van der Waals surface area contributed by atoms with E-state index in [-0.39, 0.29) is 5.16 Å². The van der Waals surface area contributed by atoms with Crippen molar-refractivity contribution in [2.45, 2.75) is 39.8 Å². The highest BCUT2D eigenvalue weighted by Crippen LogP contribution is 2.63. The first kappa shape index (κ1) is 19.0. The fourth-order valence-corrected chi connectivity index (χ4v) is 7.30. The normalized spacial score (nSPS) is 13.0. The van der Waals surface area contributed by atoms with Gasteiger partial charge in [-0.05, 0) is 54.3 Å². The lowest BCUT2D eigenvalue weighted by Crippen LogP contribution is -2.36. The third-order valence-electron chi connectivity index (χ3n) is 3.27. The predicted molar refractivity (Wildman–Crippen MR) is 92.0 cm³/mol. The van der Waals surface area contributed by atoms with Gasteiger partial charge in [-0.3, -0.25) is 9.34 Å². The zero-order valence-electron chi connectivity index (χ0n) is 14.1. The molecule has 0 aromatic carbocycles. The Kier molecular flexibility index (Phi) is 7.18. The minimum atomic E-state index is -1.85. The van der Waals surface area contributed by atoms with E-state index >= 15 is 0 Å². The summed E-state index contributed by atoms with van der Waals surface area (Å²) in [5.74, 6) is 0. The molecule has 0 unspecified atom stereocenters. The zero-order chi connectivity index (χ0) is 15.4. The second kappa shape index (κ2) is 7.16. The van der Waals surface area contributed by atoms with Gasteiger partial charge in [-0.2, -0.15) is 0 Å². The van der Waals surface area contributed by atoms with Crippen molar-refractivity contribution in [3.05, 3.63) is 0 Å². The Morgan fingerprint density at radius 2 is 1.37 bits per heavy atom. The van der Waals surface area contributed by atoms with E-state index in [0.29, 0.717) is 0 Å². The van der Waals surface area contributed by atoms with Crippen molar-refractivity contribution in [1.29, 1.82) is 0 Å². The van der Waals surface area contributed by atoms with Gasteiger partial charge in [0.25, 0.3) is 0 Å². The highest BCUT2D eigenvalue weighted by molar-refractivity contribution is 7.81. The predicted octanol–water partition coefficient (Wildman–Crippen LogP) is 3.57. The van der Waals surface area contributed by atoms with Gasteiger partial charge >= 0.3 is 0 Å². The molecule has 0 heterocycles. The lowest BCUT2D eigenvalue weighted by Gasteiger charge is -2.46. The molecule has 0 saturated heterocycles. The topological polar surface area (TPSA) is 22.1 Å². The molecule has 0 N–H and O–H groups in total. The van der Waals surface area contributed by atoms with Crippen molar-refractivity contribution in [2.24, 2.45) is 4.74 Å². The van der Waals surface area contributed by atoms with E-state index in [1.54, 1.807) is 0 Å². The van der Waals surface area contributed by atoms with Crippen molar-refractivity contribution in [2.75, 3.05) is 41.3 Å². The molecule has 0 saturated carbocycles. The Hall–Kier alpha value is 0.0400. The summed E-state index contributed by atoms with van der Waals surface area (Å²) in [6, 6.07) is 0. The van der Waals surface area contributed by atoms with Gasteiger partial charge < -0.3 is 4.90 Å². The summed E-state index contributed by atoms with van der Waals surface area (Å²) in [7, 11) is 6.57. The standard InChI is InChI=1S/C13H31N4PS/c1-10-17(11-2)12(19)14-18(15(6)7,16(8)9)13(3,4)5/h10-11H2,1-9H3. The Morgan fingerprint density at radius 3 is 1.58 bits per heavy atom. The van der Waals surface area contributed by atoms with E-state index in [1.165, 1.54) is 0 Å². The molecule has 0 radical (unpaired) electrons. The van der Waals surface area contributed by atoms with Crippen LogP contribution in [0.4, 0.5) is 0 Å². The SMILES string of the molecule is CCN(CC)C(=S)N=P(N(C)C)(N(C)C)C(C)(C)C. The minimum Gasteiger partial charge on any atom is -0.348 e. The third kappa shape index (κ3) is 4.01. The van der Waals surface area contributed by atoms with Gasteiger partial charge in [0.05, 0.1) is 0 Å². The number of nitrogens with zero attached hydrogens (tertiary/aromatic N) is 4. The molecule has 0 atom stereocenters. The van der Waals surface area contributed by atoms with E-state index in [4.69, 9.17) is 17.0 Å². The van der Waals surface area contributed by atoms with Crippen LogP contribution in [0.15, 0.2) is 4.74 Å². The summed E-state index contributed by atoms with van der Waals surface area (Å²) in [5.41, 5.74) is 0. The molecule has 0 aliphatic carbocycles. The molecule has 0 aromatic heterocycles. The summed E-state index contributed by atoms with van der Waals surface area (Å²) < 4.78 is 9.55. The van der Waals surface area contributed by atoms with Gasteiger partial charge in [0.1, 0.15) is 7.36 Å². The first-order chi connectivity index (χ1) is 8.54. The molecular formula is C13H31N4PS. The highest BCUT2D eigenvalue weighted by atomic mass is 32.1. The van der Waals surface area contributed by atoms with Crippen LogP contribution in [0.3, 0.4) is 0 Å². The summed E-state index contributed by atoms with van der Waals surface area (Å²) in [5, 5.41) is 0.785. The Morgan fingerprint density at radius 1 is 1.00 bits per heavy atom. The first-order valence-electron chi connectivity index (χ1n) is 6.81. The molecular weight excluding hydrogens is 275 g/mol. The van der Waals surface area contributed by atoms with Crippen molar-refractivity contribution < 1.29 is 0 Å². The number of hydrogen-bond acceptors (Lipinski definition) is 1. The maximum atomic E-state index is 5.56. The van der Waals surface area contributed by atoms with Gasteiger partial charge in [-0.1, -0.05) is 20.8 Å². The number of thiocarbonyl (C=S) groups is 1. The van der Waals surface area contributed by atoms with Crippen LogP contribution in [-0.4, -0.2) is 65.8 Å². The van der Waals surface area contributed by atoms with E-state index in [2.05, 4.69) is 77.1 Å². The Labute approximate surface area is 125 Å². The molecule has 114 valence electrons. The molecule has 0 amide bonds. The fourth-order valence-electron chi connectivity index (χ4n) is 2.56. The van der Waals surface area contributed by atoms with E-state index in [1.807, 2.05) is 0 Å². The van der Waals surface area contributed by atoms with Crippen molar-refractivity contribution in [1.82, 2.24) is 14.2 Å². The smallest absolute Gasteiger partial charge is 0.196 e. The summed E-state index contributed by atoms with van der Waals surface area (Å²) in [6.07, 6.45) is 0. The van der Waals surface area contributed by atoms with Crippen LogP contribution < -0.4 is 0 Å². The minimum absolute atomic E-state index is 0.0528. The molecule has 0 rings (SSSR count). The van der Waals surface area contributed by atoms with Crippen molar-refractivity contribution in [3.63, 3.8) is 0 Å². The van der Waals surface area contributed by atoms with Crippen LogP contribution in [0.2, 0.25) is 0 Å². The van der Waals surface area contributed by atoms with Crippen LogP contribution in [-0.2, 0) is 0 Å². The maximum Gasteiger partial charge on any atom is 0.196 e. The second-order valence-electron chi connectivity index (χ2n) is 5.99. The molecule has 19 heavy (non-hydrogen) atoms. The summed E-state index contributed by atoms with van der Waals surface area (Å²) >= 11 is 5.56. The maximum absolute atomic E-state index is 5.56. The molecule has 0 spiro atoms. The zero-order valence-corrected chi connectivity index (χ0v) is 15.8.